The van der Waals surface area contributed by atoms with E-state index < -0.39 is 65.1 Å². The van der Waals surface area contributed by atoms with Crippen molar-refractivity contribution in [2.75, 3.05) is 31.1 Å². The number of benzene rings is 3. The van der Waals surface area contributed by atoms with Gasteiger partial charge >= 0.3 is 26.2 Å². The van der Waals surface area contributed by atoms with E-state index in [0.717, 1.165) is 53.2 Å². The summed E-state index contributed by atoms with van der Waals surface area (Å²) in [6.07, 6.45) is 15.1. The van der Waals surface area contributed by atoms with Gasteiger partial charge in [0.2, 0.25) is 11.6 Å². The number of carboxylic acid groups (broad SMARTS) is 1. The number of hydrogen-bond donors (Lipinski definition) is 3. The largest absolute Gasteiger partial charge is 0.744 e. The number of fused-ring (bicyclic) bond motifs is 3. The number of nitrogens with one attached hydrogen (secondary N) is 2. The molecule has 3 aromatic carbocycles. The number of carbonyl (C=O) groups excluding carboxylic acids is 2. The molecule has 0 saturated carbocycles. The van der Waals surface area contributed by atoms with Crippen molar-refractivity contribution >= 4 is 65.7 Å². The molecule has 4 aliphatic rings. The van der Waals surface area contributed by atoms with Gasteiger partial charge in [0.15, 0.2) is 5.71 Å². The van der Waals surface area contributed by atoms with E-state index in [9.17, 15) is 42.2 Å². The van der Waals surface area contributed by atoms with Gasteiger partial charge in [0.1, 0.15) is 39.8 Å². The van der Waals surface area contributed by atoms with Crippen LogP contribution in [0.15, 0.2) is 122 Å². The molecule has 424 valence electrons. The van der Waals surface area contributed by atoms with Crippen LogP contribution in [0.3, 0.4) is 0 Å². The first-order chi connectivity index (χ1) is 38.3. The number of carbonyl (C=O) groups is 3. The van der Waals surface area contributed by atoms with Gasteiger partial charge in [-0.25, -0.2) is 18.0 Å². The zero-order valence-corrected chi connectivity index (χ0v) is 47.0. The first kappa shape index (κ1) is 59.4. The second kappa shape index (κ2) is 26.3. The lowest BCUT2D eigenvalue weighted by molar-refractivity contribution is -0.777. The Balaban J connectivity index is 0.864. The maximum absolute atomic E-state index is 12.9. The molecule has 1 aromatic heterocycles. The summed E-state index contributed by atoms with van der Waals surface area (Å²) in [5.41, 5.74) is 3.15. The van der Waals surface area contributed by atoms with E-state index in [2.05, 4.69) is 54.8 Å². The molecule has 0 aliphatic carbocycles. The predicted molar refractivity (Wildman–Crippen MR) is 293 cm³/mol. The van der Waals surface area contributed by atoms with Gasteiger partial charge in [-0.2, -0.15) is 8.91 Å². The number of carboxylic acids is 1. The van der Waals surface area contributed by atoms with Gasteiger partial charge in [0.25, 0.3) is 5.56 Å². The molecule has 3 atom stereocenters. The van der Waals surface area contributed by atoms with Crippen LogP contribution in [-0.2, 0) is 53.7 Å². The number of unbranched alkanes of at least 4 members (excludes halogenated alkanes) is 4. The molecule has 24 heteroatoms. The first-order valence-corrected chi connectivity index (χ1v) is 29.3. The highest BCUT2D eigenvalue weighted by molar-refractivity contribution is 7.94. The van der Waals surface area contributed by atoms with Gasteiger partial charge in [0.05, 0.1) is 41.6 Å². The van der Waals surface area contributed by atoms with Crippen molar-refractivity contribution in [2.24, 2.45) is 0 Å². The monoisotopic (exact) mass is 1150 g/mol. The van der Waals surface area contributed by atoms with Crippen LogP contribution in [0.2, 0.25) is 0 Å². The normalized spacial score (nSPS) is 19.4. The minimum atomic E-state index is -4.70. The smallest absolute Gasteiger partial charge is 0.465 e. The number of nitrogens with zero attached hydrogens (tertiary/aromatic N) is 3. The molecule has 3 N–H and O–H groups in total. The van der Waals surface area contributed by atoms with E-state index in [4.69, 9.17) is 23.4 Å². The average molecular weight is 1160 g/mol. The fraction of sp³-hybridized carbons (Fsp3) is 0.393. The van der Waals surface area contributed by atoms with Crippen molar-refractivity contribution in [2.45, 2.75) is 125 Å². The van der Waals surface area contributed by atoms with Crippen LogP contribution in [0.5, 0.6) is 5.75 Å². The number of H-pyrrole nitrogens is 1. The van der Waals surface area contributed by atoms with Gasteiger partial charge in [-0.3, -0.25) is 33.5 Å². The van der Waals surface area contributed by atoms with Gasteiger partial charge in [-0.1, -0.05) is 62.5 Å². The molecule has 4 aliphatic heterocycles. The Kier molecular flexibility index (Phi) is 19.5. The number of para-hydroxylation sites is 1. The summed E-state index contributed by atoms with van der Waals surface area (Å²) in [6, 6.07) is 16.9. The third-order valence-electron chi connectivity index (χ3n) is 14.2. The minimum absolute atomic E-state index is 0.0163. The number of allylic oxidation sites excluding steroid dienone is 6. The molecule has 80 heavy (non-hydrogen) atoms. The zero-order chi connectivity index (χ0) is 57.2. The number of hydrogen-bond acceptors (Lipinski definition) is 17. The van der Waals surface area contributed by atoms with Crippen molar-refractivity contribution in [1.29, 1.82) is 0 Å². The molecule has 8 rings (SSSR count). The number of amides is 1. The lowest BCUT2D eigenvalue weighted by atomic mass is 9.81. The second-order valence-electron chi connectivity index (χ2n) is 20.3. The number of ether oxygens (including phenoxy) is 1. The fourth-order valence-electron chi connectivity index (χ4n) is 10.2. The molecule has 1 fully saturated rings. The van der Waals surface area contributed by atoms with Crippen LogP contribution in [0.4, 0.5) is 11.4 Å². The molecule has 0 spiro atoms. The molecular formula is C56H61N5O16PS2-. The summed E-state index contributed by atoms with van der Waals surface area (Å²) in [4.78, 5) is 66.6. The maximum atomic E-state index is 12.9. The molecule has 5 heterocycles. The fourth-order valence-corrected chi connectivity index (χ4v) is 12.0. The van der Waals surface area contributed by atoms with Crippen LogP contribution in [0.25, 0.3) is 0 Å². The Morgan fingerprint density at radius 3 is 2.52 bits per heavy atom. The Morgan fingerprint density at radius 1 is 0.950 bits per heavy atom. The number of aliphatic carboxylic acids is 1. The lowest BCUT2D eigenvalue weighted by Crippen LogP contribution is -2.34. The summed E-state index contributed by atoms with van der Waals surface area (Å²) >= 11 is 0.809. The maximum Gasteiger partial charge on any atom is 0.465 e. The molecule has 1 saturated heterocycles. The van der Waals surface area contributed by atoms with Crippen molar-refractivity contribution < 1.29 is 70.0 Å². The predicted octanol–water partition coefficient (Wildman–Crippen LogP) is 7.39. The Labute approximate surface area is 468 Å². The minimum Gasteiger partial charge on any atom is -0.744 e. The molecule has 1 amide bonds. The van der Waals surface area contributed by atoms with E-state index in [0.29, 0.717) is 73.4 Å². The van der Waals surface area contributed by atoms with Crippen molar-refractivity contribution in [1.82, 2.24) is 14.9 Å². The molecule has 4 aromatic rings. The van der Waals surface area contributed by atoms with Crippen LogP contribution in [0, 0.1) is 11.8 Å². The highest BCUT2D eigenvalue weighted by Crippen LogP contribution is 2.50. The number of rotatable bonds is 24. The van der Waals surface area contributed by atoms with Crippen LogP contribution < -0.4 is 31.2 Å². The average Bonchev–Trinajstić information content (AvgIpc) is 4.05. The van der Waals surface area contributed by atoms with Crippen molar-refractivity contribution in [3.63, 3.8) is 0 Å². The third-order valence-corrected chi connectivity index (χ3v) is 16.6. The Bertz CT molecular complexity index is 3430. The van der Waals surface area contributed by atoms with E-state index in [-0.39, 0.29) is 42.4 Å². The van der Waals surface area contributed by atoms with E-state index in [1.54, 1.807) is 30.3 Å². The molecule has 21 nitrogen and oxygen atoms in total. The Hall–Kier alpha value is -6.71. The second-order valence-corrected chi connectivity index (χ2v) is 23.6. The number of aromatic amines is 1. The topological polar surface area (TPSA) is 280 Å². The van der Waals surface area contributed by atoms with E-state index >= 15 is 0 Å². The highest BCUT2D eigenvalue weighted by Gasteiger charge is 2.45. The van der Waals surface area contributed by atoms with Crippen LogP contribution in [0.1, 0.15) is 125 Å². The summed E-state index contributed by atoms with van der Waals surface area (Å²) in [6.45, 7) is 9.34. The highest BCUT2D eigenvalue weighted by atomic mass is 32.2. The summed E-state index contributed by atoms with van der Waals surface area (Å²) < 4.78 is 66.9. The van der Waals surface area contributed by atoms with Gasteiger partial charge in [0, 0.05) is 71.4 Å². The molecule has 0 bridgehead atoms. The third kappa shape index (κ3) is 14.2. The lowest BCUT2D eigenvalue weighted by Gasteiger charge is -2.27. The van der Waals surface area contributed by atoms with Crippen molar-refractivity contribution in [3.8, 4) is 17.6 Å². The standard InChI is InChI=1S/C56H62N5O16PS2/c1-55(2)42-33-39(79-77-76-68)25-27-44(42)59(47(55)20-8-5-9-21-48-56(3,4)43-34-40(80(69,70)71)26-28-45(43)60(48)32-15-7-11-23-51(63)64)31-14-6-10-22-49(62)57-30-16-17-37-35-61(54(67)58-52(37)65)50-29-24-38(73-50)36-72-78-74-46-19-13-12-18-41(46)53(66)75-78/h5,8-9,12-13,18-21,25-28,33-35,38,50H,6-7,10-11,14-15,22-24,29-32,36H2,1-4H3,(H4-,57,58,62,63,64,65,67,68,69,70,71)/p-1/t38-,50+,78?/m0/s1. The summed E-state index contributed by atoms with van der Waals surface area (Å²) in [5, 5.41) is 26.2. The summed E-state index contributed by atoms with van der Waals surface area (Å²) in [5.74, 6) is 4.30. The SMILES string of the molecule is CC1(C)C(/C=C/C=C/C=C2/N(CCCCCC(=O)O)c3ccc(S(=O)(=O)[O-])cc3C2(C)C)=[N+](CCCCCC(=O)NCC#Cc2cn([C@H]3CC[C@@H](COP4OC(=O)c5ccccc5O4)O3)c(=O)[nH]c2=O)c2ccc(SOO[O-])cc21. The van der Waals surface area contributed by atoms with Crippen LogP contribution >= 0.6 is 20.6 Å². The quantitative estimate of drug-likeness (QED) is 0.00710. The van der Waals surface area contributed by atoms with Gasteiger partial charge in [-0.05, 0) is 106 Å². The van der Waals surface area contributed by atoms with Gasteiger partial charge in [-0.15, -0.1) is 0 Å². The van der Waals surface area contributed by atoms with E-state index in [1.165, 1.54) is 22.9 Å². The molecule has 0 radical (unpaired) electrons. The zero-order valence-electron chi connectivity index (χ0n) is 44.5. The summed E-state index contributed by atoms with van der Waals surface area (Å²) in [7, 11) is -6.69. The van der Waals surface area contributed by atoms with Crippen LogP contribution in [-0.4, -0.2) is 88.1 Å². The number of aromatic nitrogens is 2. The molecular weight excluding hydrogens is 1090 g/mol. The molecule has 1 unspecified atom stereocenters. The van der Waals surface area contributed by atoms with E-state index in [1.807, 2.05) is 62.4 Å². The van der Waals surface area contributed by atoms with Crippen molar-refractivity contribution in [3.05, 3.63) is 146 Å². The van der Waals surface area contributed by atoms with Gasteiger partial charge < -0.3 is 38.9 Å². The number of anilines is 1. The first-order valence-electron chi connectivity index (χ1n) is 26.0. The Morgan fingerprint density at radius 2 is 1.74 bits per heavy atom.